The van der Waals surface area contributed by atoms with Crippen LogP contribution in [0, 0.1) is 0 Å². The van der Waals surface area contributed by atoms with E-state index in [9.17, 15) is 0 Å². The minimum atomic E-state index is 0. The molecule has 0 fully saturated rings. The molecular weight excluding hydrogens is 758 g/mol. The summed E-state index contributed by atoms with van der Waals surface area (Å²) in [6.07, 6.45) is 11.7. The maximum absolute atomic E-state index is 2.41. The molecule has 244 valence electrons. The summed E-state index contributed by atoms with van der Waals surface area (Å²) in [4.78, 5) is 0. The third kappa shape index (κ3) is 11.4. The van der Waals surface area contributed by atoms with Crippen LogP contribution in [-0.2, 0) is 48.5 Å². The van der Waals surface area contributed by atoms with Gasteiger partial charge in [0.1, 0.15) is 0 Å². The fraction of sp³-hybridized carbons (Fsp3) is 0.333. The second-order valence-electron chi connectivity index (χ2n) is 11.9. The van der Waals surface area contributed by atoms with Crippen LogP contribution >= 0.6 is 0 Å². The first-order chi connectivity index (χ1) is 21.2. The number of fused-ring (bicyclic) bond motifs is 2. The maximum atomic E-state index is 2.41. The van der Waals surface area contributed by atoms with Gasteiger partial charge in [0, 0.05) is 0 Å². The molecule has 4 heteroatoms. The van der Waals surface area contributed by atoms with Gasteiger partial charge in [0.15, 0.2) is 0 Å². The van der Waals surface area contributed by atoms with Crippen molar-refractivity contribution in [2.45, 2.75) is 93.9 Å². The van der Waals surface area contributed by atoms with Gasteiger partial charge in [-0.05, 0) is 25.7 Å². The van der Waals surface area contributed by atoms with Crippen molar-refractivity contribution in [3.63, 3.8) is 0 Å². The quantitative estimate of drug-likeness (QED) is 0.198. The van der Waals surface area contributed by atoms with Crippen LogP contribution in [0.2, 0.25) is 0 Å². The van der Waals surface area contributed by atoms with Crippen molar-refractivity contribution in [3.8, 4) is 0 Å². The summed E-state index contributed by atoms with van der Waals surface area (Å²) in [6, 6.07) is 26.5. The molecule has 2 aliphatic rings. The Bertz CT molecular complexity index is 1580. The summed E-state index contributed by atoms with van der Waals surface area (Å²) in [5.74, 6) is 0. The van der Waals surface area contributed by atoms with Crippen molar-refractivity contribution < 1.29 is 73.3 Å². The van der Waals surface area contributed by atoms with Gasteiger partial charge in [0.25, 0.3) is 0 Å². The summed E-state index contributed by atoms with van der Waals surface area (Å²) in [6.45, 7) is 17.6. The molecule has 2 aliphatic carbocycles. The molecule has 0 aliphatic heterocycles. The molecule has 0 amide bonds. The Balaban J connectivity index is 0.000000361. The zero-order valence-electron chi connectivity index (χ0n) is 29.1. The van der Waals surface area contributed by atoms with Gasteiger partial charge in [-0.2, -0.15) is 0 Å². The summed E-state index contributed by atoms with van der Waals surface area (Å²) < 4.78 is 3.01. The summed E-state index contributed by atoms with van der Waals surface area (Å²) in [5, 5.41) is 5.54. The van der Waals surface area contributed by atoms with Crippen LogP contribution in [0.15, 0.2) is 107 Å². The molecule has 0 nitrogen and oxygen atoms in total. The first-order valence-electron chi connectivity index (χ1n) is 16.3. The largest absolute Gasteiger partial charge is 1.00 e. The van der Waals surface area contributed by atoms with E-state index >= 15 is 0 Å². The predicted molar refractivity (Wildman–Crippen MR) is 192 cm³/mol. The number of hydrogen-bond donors (Lipinski definition) is 0. The molecule has 0 atom stereocenters. The third-order valence-electron chi connectivity index (χ3n) is 8.09. The van der Waals surface area contributed by atoms with E-state index in [1.54, 1.807) is 81.9 Å². The Kier molecular flexibility index (Phi) is 20.1. The average molecular weight is 808 g/mol. The van der Waals surface area contributed by atoms with Gasteiger partial charge >= 0.3 is 82.6 Å². The summed E-state index contributed by atoms with van der Waals surface area (Å²) in [5.41, 5.74) is 12.3. The Labute approximate surface area is 321 Å². The number of benzene rings is 2. The molecule has 6 rings (SSSR count). The van der Waals surface area contributed by atoms with Gasteiger partial charge < -0.3 is 24.8 Å². The number of rotatable bonds is 6. The maximum Gasteiger partial charge on any atom is -1.00 e. The first kappa shape index (κ1) is 42.7. The molecular formula is C42H50Cl2Zr2-4. The van der Waals surface area contributed by atoms with E-state index in [0.29, 0.717) is 0 Å². The molecule has 0 unspecified atom stereocenters. The minimum absolute atomic E-state index is 0. The van der Waals surface area contributed by atoms with Crippen LogP contribution < -0.4 is 24.8 Å². The van der Waals surface area contributed by atoms with Gasteiger partial charge in [-0.1, -0.05) is 134 Å². The smallest absolute Gasteiger partial charge is 1.00 e. The monoisotopic (exact) mass is 804 g/mol. The van der Waals surface area contributed by atoms with Crippen molar-refractivity contribution in [2.24, 2.45) is 0 Å². The van der Waals surface area contributed by atoms with Crippen molar-refractivity contribution >= 4 is 39.1 Å². The van der Waals surface area contributed by atoms with Crippen LogP contribution in [-0.4, -0.2) is 6.41 Å². The van der Waals surface area contributed by atoms with Crippen LogP contribution in [0.5, 0.6) is 0 Å². The van der Waals surface area contributed by atoms with E-state index in [1.165, 1.54) is 39.1 Å². The minimum Gasteiger partial charge on any atom is -1.00 e. The molecule has 0 saturated heterocycles. The molecule has 0 heterocycles. The van der Waals surface area contributed by atoms with Crippen LogP contribution in [0.3, 0.4) is 0 Å². The number of allylic oxidation sites excluding steroid dienone is 8. The standard InChI is InChI=1S/2C18H19.2C3H6.2ClH.2Zr/c2*1-3-13-9-11-17(15(13)4-2)18-12-10-14-7-5-6-8-16(14)18;2*1-3-2;;;;/h2*5-10,12H,3-4,11H2,1-2H3;2*1-2H3;2*1H;;/q2*-1;;;;;;/p-2. The second-order valence-corrected chi connectivity index (χ2v) is 16.8. The van der Waals surface area contributed by atoms with Crippen LogP contribution in [0.1, 0.15) is 105 Å². The molecule has 46 heavy (non-hydrogen) atoms. The summed E-state index contributed by atoms with van der Waals surface area (Å²) in [7, 11) is 0. The van der Waals surface area contributed by atoms with Gasteiger partial charge in [0.05, 0.1) is 0 Å². The van der Waals surface area contributed by atoms with Crippen molar-refractivity contribution in [3.05, 3.63) is 118 Å². The van der Waals surface area contributed by atoms with Gasteiger partial charge in [-0.15, -0.1) is 57.9 Å². The number of halogens is 2. The van der Waals surface area contributed by atoms with E-state index in [-0.39, 0.29) is 24.8 Å². The Morgan fingerprint density at radius 2 is 0.870 bits per heavy atom. The third-order valence-corrected chi connectivity index (χ3v) is 8.09. The number of hydrogen-bond acceptors (Lipinski definition) is 0. The van der Waals surface area contributed by atoms with E-state index in [1.807, 2.05) is 0 Å². The molecule has 0 spiro atoms. The van der Waals surface area contributed by atoms with E-state index in [4.69, 9.17) is 0 Å². The molecule has 4 aromatic carbocycles. The topological polar surface area (TPSA) is 0 Å². The van der Waals surface area contributed by atoms with Crippen LogP contribution in [0.25, 0.3) is 32.7 Å². The van der Waals surface area contributed by atoms with E-state index < -0.39 is 0 Å². The molecule has 0 radical (unpaired) electrons. The average Bonchev–Trinajstić information content (AvgIpc) is 3.79. The molecule has 0 saturated carbocycles. The van der Waals surface area contributed by atoms with Gasteiger partial charge in [-0.25, -0.2) is 0 Å². The predicted octanol–water partition coefficient (Wildman–Crippen LogP) is 6.42. The fourth-order valence-corrected chi connectivity index (χ4v) is 6.30. The zero-order valence-corrected chi connectivity index (χ0v) is 35.5. The molecule has 0 aromatic heterocycles. The second kappa shape index (κ2) is 21.6. The molecule has 0 bridgehead atoms. The van der Waals surface area contributed by atoms with Crippen molar-refractivity contribution in [2.75, 3.05) is 0 Å². The van der Waals surface area contributed by atoms with E-state index in [2.05, 4.69) is 140 Å². The zero-order chi connectivity index (χ0) is 32.2. The van der Waals surface area contributed by atoms with Gasteiger partial charge in [-0.3, -0.25) is 0 Å². The Hall–Kier alpha value is -1.29. The summed E-state index contributed by atoms with van der Waals surface area (Å²) >= 11 is 3.11. The van der Waals surface area contributed by atoms with Gasteiger partial charge in [0.2, 0.25) is 0 Å². The fourth-order valence-electron chi connectivity index (χ4n) is 6.30. The Morgan fingerprint density at radius 3 is 1.17 bits per heavy atom. The van der Waals surface area contributed by atoms with Crippen molar-refractivity contribution in [1.82, 2.24) is 0 Å². The molecule has 0 N–H and O–H groups in total. The Morgan fingerprint density at radius 1 is 0.543 bits per heavy atom. The van der Waals surface area contributed by atoms with Crippen molar-refractivity contribution in [1.29, 1.82) is 0 Å². The molecule has 4 aromatic rings. The SMILES string of the molecule is CCC1=CCC([c-]2ccc3ccccc32)=C1CC.CCC1=CCC([c-]2ccc3ccccc32)=C1CC.C[C](C)=[Zr].C[C](C)=[Zr].[Cl-].[Cl-]. The van der Waals surface area contributed by atoms with Crippen LogP contribution in [0.4, 0.5) is 0 Å². The first-order valence-corrected chi connectivity index (χ1v) is 18.8. The normalized spacial score (nSPS) is 13.3. The van der Waals surface area contributed by atoms with E-state index in [0.717, 1.165) is 38.5 Å².